The van der Waals surface area contributed by atoms with E-state index in [1.54, 1.807) is 116 Å². The van der Waals surface area contributed by atoms with Crippen molar-refractivity contribution < 1.29 is 42.9 Å². The average Bonchev–Trinajstić information content (AvgIpc) is 3.05. The van der Waals surface area contributed by atoms with Gasteiger partial charge in [0.1, 0.15) is 0 Å². The Hall–Kier alpha value is -5.28. The largest absolute Gasteiger partial charge is 0.452 e. The highest BCUT2D eigenvalue weighted by molar-refractivity contribution is 5.92. The molecule has 218 valence electrons. The Morgan fingerprint density at radius 2 is 0.744 bits per heavy atom. The topological polar surface area (TPSA) is 114 Å². The maximum absolute atomic E-state index is 13.3. The van der Waals surface area contributed by atoms with E-state index in [4.69, 9.17) is 23.7 Å². The van der Waals surface area contributed by atoms with Crippen molar-refractivity contribution in [2.75, 3.05) is 0 Å². The van der Waals surface area contributed by atoms with Crippen LogP contribution in [0.5, 0.6) is 0 Å². The van der Waals surface area contributed by atoms with Crippen LogP contribution in [0.1, 0.15) is 48.4 Å². The van der Waals surface area contributed by atoms with Gasteiger partial charge in [0.25, 0.3) is 0 Å². The molecular formula is C34H28O9. The van der Waals surface area contributed by atoms with E-state index in [1.165, 1.54) is 12.1 Å². The number of hydrogen-bond acceptors (Lipinski definition) is 9. The fraction of sp³-hybridized carbons (Fsp3) is 0.176. The van der Waals surface area contributed by atoms with Crippen molar-refractivity contribution in [2.24, 2.45) is 0 Å². The second-order valence-corrected chi connectivity index (χ2v) is 9.69. The fourth-order valence-corrected chi connectivity index (χ4v) is 4.54. The molecule has 4 aromatic carbocycles. The third kappa shape index (κ3) is 7.14. The first-order chi connectivity index (χ1) is 20.9. The summed E-state index contributed by atoms with van der Waals surface area (Å²) in [7, 11) is 0. The summed E-state index contributed by atoms with van der Waals surface area (Å²) in [4.78, 5) is 52.8. The average molecular weight is 581 g/mol. The molecule has 4 aromatic rings. The van der Waals surface area contributed by atoms with Gasteiger partial charge in [0.2, 0.25) is 12.4 Å². The van der Waals surface area contributed by atoms with E-state index in [-0.39, 0.29) is 22.3 Å². The molecule has 0 spiro atoms. The summed E-state index contributed by atoms with van der Waals surface area (Å²) in [5, 5.41) is 0. The quantitative estimate of drug-likeness (QED) is 0.203. The van der Waals surface area contributed by atoms with Crippen molar-refractivity contribution in [3.8, 4) is 0 Å². The van der Waals surface area contributed by atoms with Gasteiger partial charge in [-0.3, -0.25) is 0 Å². The molecule has 5 unspecified atom stereocenters. The Balaban J connectivity index is 1.51. The molecule has 1 heterocycles. The summed E-state index contributed by atoms with van der Waals surface area (Å²) in [6.07, 6.45) is -6.67. The van der Waals surface area contributed by atoms with Crippen LogP contribution < -0.4 is 0 Å². The molecule has 0 radical (unpaired) electrons. The Kier molecular flexibility index (Phi) is 9.23. The minimum absolute atomic E-state index is 0.195. The highest BCUT2D eigenvalue weighted by Crippen LogP contribution is 2.31. The van der Waals surface area contributed by atoms with Crippen LogP contribution in [0.25, 0.3) is 0 Å². The minimum Gasteiger partial charge on any atom is -0.452 e. The van der Waals surface area contributed by atoms with E-state index in [2.05, 4.69) is 0 Å². The van der Waals surface area contributed by atoms with Crippen molar-refractivity contribution in [1.82, 2.24) is 0 Å². The van der Waals surface area contributed by atoms with Crippen LogP contribution in [0.3, 0.4) is 0 Å². The van der Waals surface area contributed by atoms with E-state index in [0.717, 1.165) is 0 Å². The predicted molar refractivity (Wildman–Crippen MR) is 153 cm³/mol. The molecule has 1 fully saturated rings. The first kappa shape index (κ1) is 29.2. The summed E-state index contributed by atoms with van der Waals surface area (Å²) in [6.45, 7) is 1.57. The molecule has 1 aliphatic heterocycles. The Morgan fingerprint density at radius 1 is 0.442 bits per heavy atom. The lowest BCUT2D eigenvalue weighted by Gasteiger charge is -2.43. The van der Waals surface area contributed by atoms with E-state index >= 15 is 0 Å². The van der Waals surface area contributed by atoms with Gasteiger partial charge in [-0.1, -0.05) is 72.8 Å². The van der Waals surface area contributed by atoms with Gasteiger partial charge < -0.3 is 23.7 Å². The predicted octanol–water partition coefficient (Wildman–Crippen LogP) is 5.27. The molecule has 0 aliphatic carbocycles. The highest BCUT2D eigenvalue weighted by atomic mass is 16.7. The molecule has 5 rings (SSSR count). The summed E-state index contributed by atoms with van der Waals surface area (Å²) in [5.41, 5.74) is 0.876. The molecular weight excluding hydrogens is 552 g/mol. The summed E-state index contributed by atoms with van der Waals surface area (Å²) in [6, 6.07) is 32.7. The summed E-state index contributed by atoms with van der Waals surface area (Å²) < 4.78 is 29.2. The molecule has 0 N–H and O–H groups in total. The molecule has 5 atom stereocenters. The molecule has 9 nitrogen and oxygen atoms in total. The van der Waals surface area contributed by atoms with Crippen molar-refractivity contribution >= 4 is 23.9 Å². The number of hydrogen-bond donors (Lipinski definition) is 0. The maximum Gasteiger partial charge on any atom is 0.340 e. The van der Waals surface area contributed by atoms with E-state index in [0.29, 0.717) is 0 Å². The monoisotopic (exact) mass is 580 g/mol. The van der Waals surface area contributed by atoms with Crippen LogP contribution in [0.2, 0.25) is 0 Å². The van der Waals surface area contributed by atoms with Crippen LogP contribution in [0.4, 0.5) is 0 Å². The van der Waals surface area contributed by atoms with Gasteiger partial charge in [0.15, 0.2) is 12.2 Å². The smallest absolute Gasteiger partial charge is 0.340 e. The fourth-order valence-electron chi connectivity index (χ4n) is 4.54. The van der Waals surface area contributed by atoms with E-state index < -0.39 is 54.6 Å². The Morgan fingerprint density at radius 3 is 1.12 bits per heavy atom. The second kappa shape index (κ2) is 13.6. The number of ether oxygens (including phenoxy) is 5. The second-order valence-electron chi connectivity index (χ2n) is 9.69. The Labute approximate surface area is 247 Å². The number of rotatable bonds is 8. The van der Waals surface area contributed by atoms with Gasteiger partial charge in [0, 0.05) is 0 Å². The zero-order chi connectivity index (χ0) is 30.2. The van der Waals surface area contributed by atoms with E-state index in [9.17, 15) is 19.2 Å². The van der Waals surface area contributed by atoms with Gasteiger partial charge in [-0.15, -0.1) is 0 Å². The summed E-state index contributed by atoms with van der Waals surface area (Å²) in [5.74, 6) is -3.03. The zero-order valence-corrected chi connectivity index (χ0v) is 23.1. The molecule has 0 aromatic heterocycles. The van der Waals surface area contributed by atoms with E-state index in [1.807, 2.05) is 0 Å². The Bertz CT molecular complexity index is 1540. The molecule has 0 bridgehead atoms. The van der Waals surface area contributed by atoms with Gasteiger partial charge >= 0.3 is 23.9 Å². The normalized spacial score (nSPS) is 21.2. The first-order valence-electron chi connectivity index (χ1n) is 13.6. The standard InChI is InChI=1S/C34H28O9/c1-22-27(40-30(35)23-14-6-2-7-15-23)28(41-31(36)24-16-8-3-9-17-24)29(42-32(37)25-18-10-4-11-19-25)34(39-22)43-33(38)26-20-12-5-13-21-26/h2-22,27-29,34H,1H3. The lowest BCUT2D eigenvalue weighted by atomic mass is 9.98. The van der Waals surface area contributed by atoms with Gasteiger partial charge in [-0.25, -0.2) is 19.2 Å². The number of carbonyl (C=O) groups excluding carboxylic acids is 4. The minimum atomic E-state index is -1.52. The highest BCUT2D eigenvalue weighted by Gasteiger charge is 2.53. The van der Waals surface area contributed by atoms with Gasteiger partial charge in [0.05, 0.1) is 28.4 Å². The number of benzene rings is 4. The molecule has 1 aliphatic rings. The van der Waals surface area contributed by atoms with Crippen LogP contribution in [-0.2, 0) is 23.7 Å². The van der Waals surface area contributed by atoms with Crippen LogP contribution in [0, 0.1) is 0 Å². The maximum atomic E-state index is 13.3. The van der Waals surface area contributed by atoms with Crippen LogP contribution in [0.15, 0.2) is 121 Å². The molecule has 9 heteroatoms. The van der Waals surface area contributed by atoms with Gasteiger partial charge in [-0.05, 0) is 55.5 Å². The SMILES string of the molecule is CC1OC(OC(=O)c2ccccc2)C(OC(=O)c2ccccc2)C(OC(=O)c2ccccc2)C1OC(=O)c1ccccc1. The lowest BCUT2D eigenvalue weighted by Crippen LogP contribution is -2.61. The zero-order valence-electron chi connectivity index (χ0n) is 23.1. The molecule has 1 saturated heterocycles. The van der Waals surface area contributed by atoms with Crippen molar-refractivity contribution in [1.29, 1.82) is 0 Å². The van der Waals surface area contributed by atoms with Crippen LogP contribution >= 0.6 is 0 Å². The first-order valence-corrected chi connectivity index (χ1v) is 13.6. The third-order valence-corrected chi connectivity index (χ3v) is 6.72. The molecule has 0 amide bonds. The van der Waals surface area contributed by atoms with Crippen molar-refractivity contribution in [3.05, 3.63) is 144 Å². The number of carbonyl (C=O) groups is 4. The summed E-state index contributed by atoms with van der Waals surface area (Å²) >= 11 is 0. The van der Waals surface area contributed by atoms with Crippen LogP contribution in [-0.4, -0.2) is 54.6 Å². The van der Waals surface area contributed by atoms with Crippen molar-refractivity contribution in [3.63, 3.8) is 0 Å². The number of esters is 4. The third-order valence-electron chi connectivity index (χ3n) is 6.72. The molecule has 43 heavy (non-hydrogen) atoms. The van der Waals surface area contributed by atoms with Crippen molar-refractivity contribution in [2.45, 2.75) is 37.6 Å². The van der Waals surface area contributed by atoms with Gasteiger partial charge in [-0.2, -0.15) is 0 Å². The molecule has 0 saturated carbocycles. The lowest BCUT2D eigenvalue weighted by molar-refractivity contribution is -0.274.